The molecule has 3 aromatic carbocycles. The first-order valence-electron chi connectivity index (χ1n) is 13.2. The lowest BCUT2D eigenvalue weighted by Crippen LogP contribution is -2.40. The first-order chi connectivity index (χ1) is 20.5. The van der Waals surface area contributed by atoms with Crippen molar-refractivity contribution in [3.63, 3.8) is 0 Å². The molecule has 1 atom stereocenters. The second-order valence-corrected chi connectivity index (χ2v) is 10.1. The minimum atomic E-state index is -0.836. The number of rotatable bonds is 9. The summed E-state index contributed by atoms with van der Waals surface area (Å²) in [5.74, 6) is 3.49. The number of fused-ring (bicyclic) bond motifs is 1. The first kappa shape index (κ1) is 28.5. The van der Waals surface area contributed by atoms with Gasteiger partial charge in [0.1, 0.15) is 12.4 Å². The highest BCUT2D eigenvalue weighted by Gasteiger charge is 2.35. The Balaban J connectivity index is 1.76. The third kappa shape index (κ3) is 5.57. The Kier molecular flexibility index (Phi) is 8.55. The van der Waals surface area contributed by atoms with Crippen molar-refractivity contribution in [1.82, 2.24) is 4.57 Å². The number of thiazole rings is 1. The standard InChI is InChI=1S/C33H28N2O6S/c1-5-18-41-24-15-12-21(13-16-24)19-27-31(36)35-30(23-14-17-25(38-3)26(20-23)39-4)28(32(37)40-6-2)29(34-33(35)42-27)22-10-8-7-9-11-22/h1,7-17,19-20,30H,6,18H2,2-4H3/b27-19-/t30-/m1/s1. The number of methoxy groups -OCH3 is 2. The summed E-state index contributed by atoms with van der Waals surface area (Å²) >= 11 is 1.24. The van der Waals surface area contributed by atoms with Gasteiger partial charge in [-0.1, -0.05) is 65.8 Å². The van der Waals surface area contributed by atoms with E-state index in [1.807, 2.05) is 48.5 Å². The van der Waals surface area contributed by atoms with Crippen LogP contribution in [0.4, 0.5) is 0 Å². The zero-order chi connectivity index (χ0) is 29.6. The molecule has 0 radical (unpaired) electrons. The highest BCUT2D eigenvalue weighted by atomic mass is 32.1. The van der Waals surface area contributed by atoms with Gasteiger partial charge in [-0.2, -0.15) is 0 Å². The van der Waals surface area contributed by atoms with E-state index < -0.39 is 12.0 Å². The van der Waals surface area contributed by atoms with Crippen LogP contribution in [0, 0.1) is 12.3 Å². The Hall–Kier alpha value is -5.07. The molecule has 212 valence electrons. The maximum atomic E-state index is 14.1. The minimum absolute atomic E-state index is 0.161. The van der Waals surface area contributed by atoms with E-state index in [4.69, 9.17) is 30.4 Å². The Bertz CT molecular complexity index is 1860. The predicted octanol–water partition coefficient (Wildman–Crippen LogP) is 3.96. The van der Waals surface area contributed by atoms with Gasteiger partial charge in [-0.15, -0.1) is 6.42 Å². The van der Waals surface area contributed by atoms with Crippen molar-refractivity contribution in [3.05, 3.63) is 115 Å². The number of terminal acetylenes is 1. The number of hydrogen-bond acceptors (Lipinski definition) is 8. The van der Waals surface area contributed by atoms with Gasteiger partial charge in [-0.05, 0) is 48.4 Å². The van der Waals surface area contributed by atoms with Crippen molar-refractivity contribution in [2.24, 2.45) is 4.99 Å². The fraction of sp³-hybridized carbons (Fsp3) is 0.182. The summed E-state index contributed by atoms with van der Waals surface area (Å²) in [5, 5.41) is 0. The van der Waals surface area contributed by atoms with Crippen LogP contribution in [0.2, 0.25) is 0 Å². The van der Waals surface area contributed by atoms with E-state index in [-0.39, 0.29) is 24.3 Å². The molecule has 0 bridgehead atoms. The second-order valence-electron chi connectivity index (χ2n) is 9.11. The van der Waals surface area contributed by atoms with Gasteiger partial charge in [0.2, 0.25) is 0 Å². The van der Waals surface area contributed by atoms with Crippen molar-refractivity contribution in [2.45, 2.75) is 13.0 Å². The summed E-state index contributed by atoms with van der Waals surface area (Å²) in [6.07, 6.45) is 7.07. The quantitative estimate of drug-likeness (QED) is 0.220. The van der Waals surface area contributed by atoms with Crippen molar-refractivity contribution in [3.8, 4) is 29.6 Å². The van der Waals surface area contributed by atoms with Crippen molar-refractivity contribution < 1.29 is 23.7 Å². The van der Waals surface area contributed by atoms with Crippen LogP contribution in [-0.2, 0) is 9.53 Å². The Labute approximate surface area is 246 Å². The molecular formula is C33H28N2O6S. The number of aromatic nitrogens is 1. The number of nitrogens with zero attached hydrogens (tertiary/aromatic N) is 2. The van der Waals surface area contributed by atoms with Crippen molar-refractivity contribution in [1.29, 1.82) is 0 Å². The van der Waals surface area contributed by atoms with Gasteiger partial charge in [-0.25, -0.2) is 9.79 Å². The van der Waals surface area contributed by atoms with Crippen LogP contribution < -0.4 is 29.1 Å². The zero-order valence-corrected chi connectivity index (χ0v) is 24.1. The molecular weight excluding hydrogens is 552 g/mol. The fourth-order valence-corrected chi connectivity index (χ4v) is 5.72. The predicted molar refractivity (Wildman–Crippen MR) is 161 cm³/mol. The van der Waals surface area contributed by atoms with Crippen LogP contribution in [0.25, 0.3) is 11.8 Å². The molecule has 0 unspecified atom stereocenters. The highest BCUT2D eigenvalue weighted by Crippen LogP contribution is 2.38. The lowest BCUT2D eigenvalue weighted by Gasteiger charge is -2.26. The SMILES string of the molecule is C#CCOc1ccc(/C=c2\sc3n(c2=O)[C@H](c2ccc(OC)c(OC)c2)C(C(=O)OCC)=C(c2ccccc2)N=3)cc1. The molecule has 0 aliphatic carbocycles. The fourth-order valence-electron chi connectivity index (χ4n) is 4.72. The van der Waals surface area contributed by atoms with E-state index in [1.165, 1.54) is 18.4 Å². The normalized spacial score (nSPS) is 14.4. The summed E-state index contributed by atoms with van der Waals surface area (Å²) in [6.45, 7) is 2.07. The minimum Gasteiger partial charge on any atom is -0.493 e. The van der Waals surface area contributed by atoms with Gasteiger partial charge < -0.3 is 18.9 Å². The van der Waals surface area contributed by atoms with Crippen molar-refractivity contribution in [2.75, 3.05) is 27.4 Å². The van der Waals surface area contributed by atoms with Gasteiger partial charge >= 0.3 is 5.97 Å². The van der Waals surface area contributed by atoms with Gasteiger partial charge in [0.25, 0.3) is 5.56 Å². The molecule has 2 heterocycles. The average molecular weight is 581 g/mol. The van der Waals surface area contributed by atoms with Gasteiger partial charge in [-0.3, -0.25) is 9.36 Å². The Morgan fingerprint density at radius 1 is 1.05 bits per heavy atom. The van der Waals surface area contributed by atoms with Crippen LogP contribution >= 0.6 is 11.3 Å². The Morgan fingerprint density at radius 3 is 2.45 bits per heavy atom. The average Bonchev–Trinajstić information content (AvgIpc) is 3.34. The summed E-state index contributed by atoms with van der Waals surface area (Å²) in [7, 11) is 3.08. The van der Waals surface area contributed by atoms with E-state index in [9.17, 15) is 9.59 Å². The molecule has 1 aliphatic rings. The number of benzene rings is 3. The molecule has 5 rings (SSSR count). The number of carbonyl (C=O) groups is 1. The smallest absolute Gasteiger partial charge is 0.338 e. The molecule has 4 aromatic rings. The van der Waals surface area contributed by atoms with E-state index >= 15 is 0 Å². The summed E-state index contributed by atoms with van der Waals surface area (Å²) in [5.41, 5.74) is 2.57. The monoisotopic (exact) mass is 580 g/mol. The zero-order valence-electron chi connectivity index (χ0n) is 23.3. The summed E-state index contributed by atoms with van der Waals surface area (Å²) < 4.78 is 24.0. The van der Waals surface area contributed by atoms with E-state index in [0.29, 0.717) is 37.8 Å². The topological polar surface area (TPSA) is 88.3 Å². The van der Waals surface area contributed by atoms with Gasteiger partial charge in [0.15, 0.2) is 16.3 Å². The van der Waals surface area contributed by atoms with Crippen LogP contribution in [0.15, 0.2) is 88.2 Å². The van der Waals surface area contributed by atoms with Crippen LogP contribution in [-0.4, -0.2) is 38.0 Å². The van der Waals surface area contributed by atoms with Crippen molar-refractivity contribution >= 4 is 29.1 Å². The number of esters is 1. The number of ether oxygens (including phenoxy) is 4. The molecule has 0 N–H and O–H groups in total. The van der Waals surface area contributed by atoms with Crippen LogP contribution in [0.3, 0.4) is 0 Å². The number of carbonyl (C=O) groups excluding carboxylic acids is 1. The maximum absolute atomic E-state index is 14.1. The van der Waals surface area contributed by atoms with Crippen LogP contribution in [0.5, 0.6) is 17.2 Å². The third-order valence-corrected chi connectivity index (χ3v) is 7.58. The van der Waals surface area contributed by atoms with E-state index in [1.54, 1.807) is 48.9 Å². The Morgan fingerprint density at radius 2 is 1.79 bits per heavy atom. The highest BCUT2D eigenvalue weighted by molar-refractivity contribution is 7.07. The lowest BCUT2D eigenvalue weighted by atomic mass is 9.93. The molecule has 9 heteroatoms. The summed E-state index contributed by atoms with van der Waals surface area (Å²) in [4.78, 5) is 33.0. The number of hydrogen-bond donors (Lipinski definition) is 0. The molecule has 0 spiro atoms. The van der Waals surface area contributed by atoms with E-state index in [0.717, 1.165) is 11.1 Å². The molecule has 0 saturated heterocycles. The molecule has 8 nitrogen and oxygen atoms in total. The third-order valence-electron chi connectivity index (χ3n) is 6.60. The largest absolute Gasteiger partial charge is 0.493 e. The lowest BCUT2D eigenvalue weighted by molar-refractivity contribution is -0.138. The van der Waals surface area contributed by atoms with Crippen LogP contribution in [0.1, 0.15) is 29.7 Å². The second kappa shape index (κ2) is 12.6. The molecule has 0 amide bonds. The molecule has 1 aliphatic heterocycles. The summed E-state index contributed by atoms with van der Waals surface area (Å²) in [6, 6.07) is 21.1. The van der Waals surface area contributed by atoms with Gasteiger partial charge in [0.05, 0.1) is 42.7 Å². The molecule has 0 fully saturated rings. The maximum Gasteiger partial charge on any atom is 0.338 e. The molecule has 42 heavy (non-hydrogen) atoms. The molecule has 1 aromatic heterocycles. The first-order valence-corrected chi connectivity index (χ1v) is 14.0. The van der Waals surface area contributed by atoms with E-state index in [2.05, 4.69) is 5.92 Å². The molecule has 0 saturated carbocycles. The van der Waals surface area contributed by atoms with Gasteiger partial charge in [0, 0.05) is 5.56 Å².